The van der Waals surface area contributed by atoms with Crippen molar-refractivity contribution in [2.45, 2.75) is 44.9 Å². The van der Waals surface area contributed by atoms with Crippen molar-refractivity contribution in [2.24, 2.45) is 0 Å². The Bertz CT molecular complexity index is 424. The zero-order valence-corrected chi connectivity index (χ0v) is 11.3. The lowest BCUT2D eigenvalue weighted by Gasteiger charge is -2.07. The number of aryl methyl sites for hydroxylation is 1. The van der Waals surface area contributed by atoms with Crippen LogP contribution in [-0.4, -0.2) is 16.2 Å². The van der Waals surface area contributed by atoms with Gasteiger partial charge in [-0.25, -0.2) is 4.79 Å². The van der Waals surface area contributed by atoms with Crippen LogP contribution in [0.25, 0.3) is 0 Å². The second-order valence-corrected chi connectivity index (χ2v) is 4.71. The maximum absolute atomic E-state index is 11.1. The molecule has 0 aliphatic heterocycles. The van der Waals surface area contributed by atoms with E-state index in [9.17, 15) is 9.90 Å². The van der Waals surface area contributed by atoms with Gasteiger partial charge in [-0.1, -0.05) is 37.5 Å². The van der Waals surface area contributed by atoms with E-state index < -0.39 is 5.97 Å². The molecule has 3 nitrogen and oxygen atoms in total. The first-order valence-electron chi connectivity index (χ1n) is 6.82. The summed E-state index contributed by atoms with van der Waals surface area (Å²) in [6, 6.07) is 4.89. The Hall–Kier alpha value is -1.77. The van der Waals surface area contributed by atoms with E-state index in [4.69, 9.17) is 5.11 Å². The minimum atomic E-state index is -1.06. The molecule has 1 aromatic rings. The molecule has 0 saturated carbocycles. The third-order valence-corrected chi connectivity index (χ3v) is 3.20. The van der Waals surface area contributed by atoms with E-state index in [1.165, 1.54) is 18.9 Å². The molecule has 1 rings (SSSR count). The van der Waals surface area contributed by atoms with Crippen molar-refractivity contribution in [3.63, 3.8) is 0 Å². The molecule has 1 aromatic carbocycles. The molecule has 0 aliphatic carbocycles. The maximum atomic E-state index is 11.1. The molecule has 19 heavy (non-hydrogen) atoms. The van der Waals surface area contributed by atoms with Crippen molar-refractivity contribution in [3.05, 3.63) is 42.0 Å². The molecule has 3 heteroatoms. The van der Waals surface area contributed by atoms with Gasteiger partial charge in [-0.15, -0.1) is 6.58 Å². The molecule has 0 fully saturated rings. The van der Waals surface area contributed by atoms with Gasteiger partial charge in [0.2, 0.25) is 0 Å². The molecule has 0 aromatic heterocycles. The van der Waals surface area contributed by atoms with Crippen LogP contribution < -0.4 is 0 Å². The van der Waals surface area contributed by atoms with Crippen LogP contribution in [0.5, 0.6) is 5.75 Å². The number of rotatable bonds is 9. The summed E-state index contributed by atoms with van der Waals surface area (Å²) in [5.41, 5.74) is 0.771. The molecule has 0 aliphatic rings. The van der Waals surface area contributed by atoms with Gasteiger partial charge in [0.05, 0.1) is 0 Å². The molecule has 0 spiro atoms. The maximum Gasteiger partial charge on any atom is 0.339 e. The van der Waals surface area contributed by atoms with Gasteiger partial charge in [-0.3, -0.25) is 0 Å². The van der Waals surface area contributed by atoms with Crippen LogP contribution in [0.1, 0.15) is 54.4 Å². The molecule has 0 unspecified atom stereocenters. The van der Waals surface area contributed by atoms with Crippen molar-refractivity contribution in [2.75, 3.05) is 0 Å². The summed E-state index contributed by atoms with van der Waals surface area (Å²) in [5.74, 6) is -1.20. The summed E-state index contributed by atoms with van der Waals surface area (Å²) < 4.78 is 0. The smallest absolute Gasteiger partial charge is 0.339 e. The second kappa shape index (κ2) is 8.35. The number of aromatic hydroxyl groups is 1. The van der Waals surface area contributed by atoms with Crippen LogP contribution in [0.2, 0.25) is 0 Å². The largest absolute Gasteiger partial charge is 0.507 e. The van der Waals surface area contributed by atoms with Crippen molar-refractivity contribution in [1.29, 1.82) is 0 Å². The fraction of sp³-hybridized carbons (Fsp3) is 0.438. The van der Waals surface area contributed by atoms with E-state index >= 15 is 0 Å². The first-order chi connectivity index (χ1) is 9.16. The Labute approximate surface area is 114 Å². The van der Waals surface area contributed by atoms with Gasteiger partial charge in [0.15, 0.2) is 0 Å². The van der Waals surface area contributed by atoms with Gasteiger partial charge in [-0.2, -0.15) is 0 Å². The van der Waals surface area contributed by atoms with Crippen LogP contribution in [0.3, 0.4) is 0 Å². The summed E-state index contributed by atoms with van der Waals surface area (Å²) in [5, 5.41) is 18.6. The number of unbranched alkanes of at least 4 members (excludes halogenated alkanes) is 5. The van der Waals surface area contributed by atoms with E-state index in [1.807, 2.05) is 6.08 Å². The van der Waals surface area contributed by atoms with Crippen molar-refractivity contribution >= 4 is 5.97 Å². The number of carbonyl (C=O) groups is 1. The highest BCUT2D eigenvalue weighted by atomic mass is 16.4. The average Bonchev–Trinajstić information content (AvgIpc) is 2.37. The number of carboxylic acid groups (broad SMARTS) is 1. The Morgan fingerprint density at radius 2 is 1.84 bits per heavy atom. The molecule has 0 bridgehead atoms. The number of hydrogen-bond donors (Lipinski definition) is 2. The SMILES string of the molecule is C=CCCCCCCCc1cccc(O)c1C(=O)O. The monoisotopic (exact) mass is 262 g/mol. The van der Waals surface area contributed by atoms with Crippen LogP contribution in [0, 0.1) is 0 Å². The Morgan fingerprint density at radius 1 is 1.16 bits per heavy atom. The van der Waals surface area contributed by atoms with Crippen LogP contribution in [-0.2, 0) is 6.42 Å². The normalized spacial score (nSPS) is 10.3. The number of hydrogen-bond acceptors (Lipinski definition) is 2. The quantitative estimate of drug-likeness (QED) is 0.519. The fourth-order valence-electron chi connectivity index (χ4n) is 2.18. The van der Waals surface area contributed by atoms with Gasteiger partial charge in [0.1, 0.15) is 11.3 Å². The molecule has 0 amide bonds. The lowest BCUT2D eigenvalue weighted by molar-refractivity contribution is 0.0692. The Kier molecular flexibility index (Phi) is 6.72. The van der Waals surface area contributed by atoms with Gasteiger partial charge in [-0.05, 0) is 37.3 Å². The Morgan fingerprint density at radius 3 is 2.53 bits per heavy atom. The topological polar surface area (TPSA) is 57.5 Å². The van der Waals surface area contributed by atoms with Gasteiger partial charge in [0.25, 0.3) is 0 Å². The lowest BCUT2D eigenvalue weighted by Crippen LogP contribution is -2.03. The van der Waals surface area contributed by atoms with Crippen LogP contribution >= 0.6 is 0 Å². The zero-order valence-electron chi connectivity index (χ0n) is 11.3. The molecular formula is C16H22O3. The number of allylic oxidation sites excluding steroid dienone is 1. The number of carboxylic acids is 1. The summed E-state index contributed by atoms with van der Waals surface area (Å²) in [6.45, 7) is 3.69. The standard InChI is InChI=1S/C16H22O3/c1-2-3-4-5-6-7-8-10-13-11-9-12-14(17)15(13)16(18)19/h2,9,11-12,17H,1,3-8,10H2,(H,18,19). The summed E-state index contributed by atoms with van der Waals surface area (Å²) in [6.07, 6.45) is 9.28. The zero-order chi connectivity index (χ0) is 14.1. The minimum Gasteiger partial charge on any atom is -0.507 e. The average molecular weight is 262 g/mol. The van der Waals surface area contributed by atoms with Gasteiger partial charge in [0, 0.05) is 0 Å². The highest BCUT2D eigenvalue weighted by Gasteiger charge is 2.14. The third kappa shape index (κ3) is 5.16. The van der Waals surface area contributed by atoms with Crippen LogP contribution in [0.4, 0.5) is 0 Å². The van der Waals surface area contributed by atoms with Crippen molar-refractivity contribution in [3.8, 4) is 5.75 Å². The summed E-state index contributed by atoms with van der Waals surface area (Å²) in [7, 11) is 0. The van der Waals surface area contributed by atoms with Gasteiger partial charge >= 0.3 is 5.97 Å². The highest BCUT2D eigenvalue weighted by Crippen LogP contribution is 2.22. The van der Waals surface area contributed by atoms with E-state index in [1.54, 1.807) is 12.1 Å². The predicted molar refractivity (Wildman–Crippen MR) is 76.7 cm³/mol. The second-order valence-electron chi connectivity index (χ2n) is 4.71. The molecular weight excluding hydrogens is 240 g/mol. The highest BCUT2D eigenvalue weighted by molar-refractivity contribution is 5.92. The molecule has 2 N–H and O–H groups in total. The predicted octanol–water partition coefficient (Wildman–Crippen LogP) is 4.16. The molecule has 0 atom stereocenters. The number of benzene rings is 1. The fourth-order valence-corrected chi connectivity index (χ4v) is 2.18. The number of phenols is 1. The summed E-state index contributed by atoms with van der Waals surface area (Å²) in [4.78, 5) is 11.1. The minimum absolute atomic E-state index is 0.0501. The van der Waals surface area contributed by atoms with Gasteiger partial charge < -0.3 is 10.2 Å². The van der Waals surface area contributed by atoms with Crippen molar-refractivity contribution < 1.29 is 15.0 Å². The summed E-state index contributed by atoms with van der Waals surface area (Å²) >= 11 is 0. The van der Waals surface area contributed by atoms with E-state index in [-0.39, 0.29) is 11.3 Å². The molecule has 0 heterocycles. The number of aromatic carboxylic acids is 1. The molecule has 104 valence electrons. The Balaban J connectivity index is 2.39. The molecule has 0 radical (unpaired) electrons. The van der Waals surface area contributed by atoms with Crippen LogP contribution in [0.15, 0.2) is 30.9 Å². The first-order valence-corrected chi connectivity index (χ1v) is 6.82. The third-order valence-electron chi connectivity index (χ3n) is 3.20. The van der Waals surface area contributed by atoms with E-state index in [0.29, 0.717) is 6.42 Å². The lowest BCUT2D eigenvalue weighted by atomic mass is 9.99. The molecule has 0 saturated heterocycles. The van der Waals surface area contributed by atoms with E-state index in [0.717, 1.165) is 31.2 Å². The van der Waals surface area contributed by atoms with Crippen molar-refractivity contribution in [1.82, 2.24) is 0 Å². The first kappa shape index (κ1) is 15.3. The van der Waals surface area contributed by atoms with E-state index in [2.05, 4.69) is 6.58 Å².